The Morgan fingerprint density at radius 2 is 2.20 bits per heavy atom. The number of β-amino-alcohol motifs (C(OH)–C–C–N with tert-alkyl or cyclic N) is 1. The fourth-order valence-electron chi connectivity index (χ4n) is 1.74. The van der Waals surface area contributed by atoms with E-state index >= 15 is 0 Å². The summed E-state index contributed by atoms with van der Waals surface area (Å²) in [6, 6.07) is 3.97. The molecule has 0 saturated carbocycles. The summed E-state index contributed by atoms with van der Waals surface area (Å²) in [5, 5.41) is 13.3. The maximum absolute atomic E-state index is 10.0. The molecule has 3 nitrogen and oxygen atoms in total. The monoisotopic (exact) mass is 290 g/mol. The molecule has 5 heteroatoms. The van der Waals surface area contributed by atoms with Crippen LogP contribution in [0.25, 0.3) is 0 Å². The molecule has 2 N–H and O–H groups in total. The average molecular weight is 291 g/mol. The third-order valence-corrected chi connectivity index (χ3v) is 4.29. The van der Waals surface area contributed by atoms with Crippen molar-refractivity contribution >= 4 is 27.3 Å². The van der Waals surface area contributed by atoms with Gasteiger partial charge in [0.25, 0.3) is 0 Å². The first-order valence-electron chi connectivity index (χ1n) is 5.12. The summed E-state index contributed by atoms with van der Waals surface area (Å²) in [7, 11) is 0. The highest BCUT2D eigenvalue weighted by Gasteiger charge is 2.16. The molecule has 1 aromatic heterocycles. The van der Waals surface area contributed by atoms with E-state index in [2.05, 4.69) is 26.1 Å². The van der Waals surface area contributed by atoms with E-state index in [1.807, 2.05) is 12.1 Å². The number of rotatable bonds is 3. The first-order valence-corrected chi connectivity index (χ1v) is 6.73. The van der Waals surface area contributed by atoms with Crippen LogP contribution in [0.5, 0.6) is 0 Å². The topological polar surface area (TPSA) is 35.5 Å². The number of hydrogen-bond donors (Lipinski definition) is 2. The largest absolute Gasteiger partial charge is 0.386 e. The zero-order valence-electron chi connectivity index (χ0n) is 8.45. The number of piperazine rings is 1. The summed E-state index contributed by atoms with van der Waals surface area (Å²) in [6.07, 6.45) is -0.348. The highest BCUT2D eigenvalue weighted by molar-refractivity contribution is 9.11. The van der Waals surface area contributed by atoms with E-state index in [-0.39, 0.29) is 6.10 Å². The van der Waals surface area contributed by atoms with Crippen LogP contribution in [0, 0.1) is 0 Å². The van der Waals surface area contributed by atoms with Crippen molar-refractivity contribution in [2.45, 2.75) is 6.10 Å². The van der Waals surface area contributed by atoms with Gasteiger partial charge in [0.15, 0.2) is 0 Å². The molecule has 0 aromatic carbocycles. The van der Waals surface area contributed by atoms with Crippen molar-refractivity contribution in [1.82, 2.24) is 10.2 Å². The molecule has 1 unspecified atom stereocenters. The minimum Gasteiger partial charge on any atom is -0.386 e. The van der Waals surface area contributed by atoms with Crippen LogP contribution >= 0.6 is 27.3 Å². The lowest BCUT2D eigenvalue weighted by atomic mass is 10.2. The average Bonchev–Trinajstić information content (AvgIpc) is 2.66. The summed E-state index contributed by atoms with van der Waals surface area (Å²) in [4.78, 5) is 3.34. The summed E-state index contributed by atoms with van der Waals surface area (Å²) in [6.45, 7) is 4.86. The Labute approximate surface area is 102 Å². The van der Waals surface area contributed by atoms with Gasteiger partial charge in [0, 0.05) is 37.6 Å². The SMILES string of the molecule is OC(CN1CCNCC1)c1ccc(Br)s1. The molecule has 2 rings (SSSR count). The van der Waals surface area contributed by atoms with Gasteiger partial charge >= 0.3 is 0 Å². The molecule has 1 atom stereocenters. The fraction of sp³-hybridized carbons (Fsp3) is 0.600. The van der Waals surface area contributed by atoms with Crippen molar-refractivity contribution in [3.63, 3.8) is 0 Å². The Kier molecular flexibility index (Phi) is 4.16. The van der Waals surface area contributed by atoms with Crippen LogP contribution in [-0.2, 0) is 0 Å². The zero-order valence-corrected chi connectivity index (χ0v) is 10.9. The Bertz CT molecular complexity index is 312. The molecule has 1 aliphatic rings. The van der Waals surface area contributed by atoms with Crippen LogP contribution in [0.2, 0.25) is 0 Å². The van der Waals surface area contributed by atoms with Crippen molar-refractivity contribution in [2.24, 2.45) is 0 Å². The number of hydrogen-bond acceptors (Lipinski definition) is 4. The highest BCUT2D eigenvalue weighted by atomic mass is 79.9. The van der Waals surface area contributed by atoms with Gasteiger partial charge in [-0.25, -0.2) is 0 Å². The lowest BCUT2D eigenvalue weighted by Gasteiger charge is -2.28. The second kappa shape index (κ2) is 5.41. The van der Waals surface area contributed by atoms with Crippen LogP contribution in [0.3, 0.4) is 0 Å². The number of thiophene rings is 1. The number of nitrogens with one attached hydrogen (secondary N) is 1. The lowest BCUT2D eigenvalue weighted by Crippen LogP contribution is -2.44. The first-order chi connectivity index (χ1) is 7.25. The molecule has 84 valence electrons. The van der Waals surface area contributed by atoms with Gasteiger partial charge in [0.05, 0.1) is 3.79 Å². The summed E-state index contributed by atoms with van der Waals surface area (Å²) in [5.41, 5.74) is 0. The smallest absolute Gasteiger partial charge is 0.101 e. The molecule has 1 fully saturated rings. The molecule has 0 radical (unpaired) electrons. The molecule has 2 heterocycles. The second-order valence-electron chi connectivity index (χ2n) is 3.71. The number of halogens is 1. The molecular formula is C10H15BrN2OS. The minimum absolute atomic E-state index is 0.348. The maximum Gasteiger partial charge on any atom is 0.101 e. The van der Waals surface area contributed by atoms with E-state index in [4.69, 9.17) is 0 Å². The predicted molar refractivity (Wildman–Crippen MR) is 66.3 cm³/mol. The number of aliphatic hydroxyl groups excluding tert-OH is 1. The molecule has 1 aromatic rings. The predicted octanol–water partition coefficient (Wildman–Crippen LogP) is 1.45. The molecule has 1 aliphatic heterocycles. The van der Waals surface area contributed by atoms with E-state index in [0.29, 0.717) is 0 Å². The van der Waals surface area contributed by atoms with Gasteiger partial charge in [-0.2, -0.15) is 0 Å². The maximum atomic E-state index is 10.0. The molecule has 0 amide bonds. The molecule has 1 saturated heterocycles. The van der Waals surface area contributed by atoms with E-state index in [1.165, 1.54) is 0 Å². The standard InChI is InChI=1S/C10H15BrN2OS/c11-10-2-1-9(15-10)8(14)7-13-5-3-12-4-6-13/h1-2,8,12,14H,3-7H2. The molecule has 0 spiro atoms. The van der Waals surface area contributed by atoms with Crippen LogP contribution in [0.15, 0.2) is 15.9 Å². The highest BCUT2D eigenvalue weighted by Crippen LogP contribution is 2.27. The third kappa shape index (κ3) is 3.26. The van der Waals surface area contributed by atoms with Crippen LogP contribution in [-0.4, -0.2) is 42.7 Å². The van der Waals surface area contributed by atoms with Crippen molar-refractivity contribution in [1.29, 1.82) is 0 Å². The first kappa shape index (κ1) is 11.5. The Hall–Kier alpha value is 0.0600. The van der Waals surface area contributed by atoms with E-state index in [1.54, 1.807) is 11.3 Å². The molecule has 0 bridgehead atoms. The van der Waals surface area contributed by atoms with Gasteiger partial charge in [0.1, 0.15) is 6.10 Å². The van der Waals surface area contributed by atoms with Gasteiger partial charge in [0.2, 0.25) is 0 Å². The van der Waals surface area contributed by atoms with E-state index in [0.717, 1.165) is 41.4 Å². The number of nitrogens with zero attached hydrogens (tertiary/aromatic N) is 1. The van der Waals surface area contributed by atoms with Gasteiger partial charge in [-0.1, -0.05) is 0 Å². The van der Waals surface area contributed by atoms with Crippen LogP contribution in [0.1, 0.15) is 11.0 Å². The second-order valence-corrected chi connectivity index (χ2v) is 6.20. The summed E-state index contributed by atoms with van der Waals surface area (Å²) in [5.74, 6) is 0. The van der Waals surface area contributed by atoms with Crippen molar-refractivity contribution in [3.05, 3.63) is 20.8 Å². The van der Waals surface area contributed by atoms with Crippen LogP contribution < -0.4 is 5.32 Å². The van der Waals surface area contributed by atoms with Gasteiger partial charge in [-0.05, 0) is 28.1 Å². The zero-order chi connectivity index (χ0) is 10.7. The number of aliphatic hydroxyl groups is 1. The van der Waals surface area contributed by atoms with Gasteiger partial charge < -0.3 is 10.4 Å². The summed E-state index contributed by atoms with van der Waals surface area (Å²) >= 11 is 5.02. The van der Waals surface area contributed by atoms with E-state index in [9.17, 15) is 5.11 Å². The Morgan fingerprint density at radius 1 is 1.47 bits per heavy atom. The minimum atomic E-state index is -0.348. The quantitative estimate of drug-likeness (QED) is 0.885. The molecule has 0 aliphatic carbocycles. The Balaban J connectivity index is 1.88. The molecule has 15 heavy (non-hydrogen) atoms. The normalized spacial score (nSPS) is 20.4. The fourth-order valence-corrected chi connectivity index (χ4v) is 3.14. The van der Waals surface area contributed by atoms with Crippen molar-refractivity contribution in [3.8, 4) is 0 Å². The van der Waals surface area contributed by atoms with Crippen LogP contribution in [0.4, 0.5) is 0 Å². The van der Waals surface area contributed by atoms with Crippen molar-refractivity contribution in [2.75, 3.05) is 32.7 Å². The lowest BCUT2D eigenvalue weighted by molar-refractivity contribution is 0.108. The van der Waals surface area contributed by atoms with Crippen molar-refractivity contribution < 1.29 is 5.11 Å². The molecular weight excluding hydrogens is 276 g/mol. The summed E-state index contributed by atoms with van der Waals surface area (Å²) < 4.78 is 1.08. The van der Waals surface area contributed by atoms with Gasteiger partial charge in [-0.15, -0.1) is 11.3 Å². The Morgan fingerprint density at radius 3 is 2.80 bits per heavy atom. The van der Waals surface area contributed by atoms with Gasteiger partial charge in [-0.3, -0.25) is 4.90 Å². The third-order valence-electron chi connectivity index (χ3n) is 2.56. The van der Waals surface area contributed by atoms with E-state index < -0.39 is 0 Å².